The second-order valence-corrected chi connectivity index (χ2v) is 4.30. The topological polar surface area (TPSA) is 60.9 Å². The third-order valence-electron chi connectivity index (χ3n) is 3.06. The molecule has 2 aromatic rings. The minimum atomic E-state index is -0.528. The average Bonchev–Trinajstić information content (AvgIpc) is 2.81. The number of Topliss-reactive ketones (excluding diaryl/α,β-unsaturated/α-hetero) is 1. The van der Waals surface area contributed by atoms with Gasteiger partial charge >= 0.3 is 0 Å². The molecule has 2 N–H and O–H groups in total. The molecule has 0 aliphatic rings. The van der Waals surface area contributed by atoms with E-state index in [-0.39, 0.29) is 5.78 Å². The molecule has 4 heteroatoms. The molecule has 1 heterocycles. The van der Waals surface area contributed by atoms with E-state index in [9.17, 15) is 4.79 Å². The number of aryl methyl sites for hydroxylation is 2. The first kappa shape index (κ1) is 12.5. The maximum atomic E-state index is 12.0. The lowest BCUT2D eigenvalue weighted by Gasteiger charge is -2.10. The van der Waals surface area contributed by atoms with E-state index < -0.39 is 6.04 Å². The number of ketones is 1. The second kappa shape index (κ2) is 5.60. The summed E-state index contributed by atoms with van der Waals surface area (Å²) in [5.41, 5.74) is 7.86. The zero-order valence-electron chi connectivity index (χ0n) is 10.4. The van der Waals surface area contributed by atoms with Gasteiger partial charge in [-0.25, -0.2) is 0 Å². The molecule has 2 rings (SSSR count). The Balaban J connectivity index is 1.95. The van der Waals surface area contributed by atoms with Gasteiger partial charge < -0.3 is 5.73 Å². The summed E-state index contributed by atoms with van der Waals surface area (Å²) < 4.78 is 1.78. The largest absolute Gasteiger partial charge is 0.318 e. The zero-order valence-corrected chi connectivity index (χ0v) is 10.4. The predicted octanol–water partition coefficient (Wildman–Crippen LogP) is 1.62. The van der Waals surface area contributed by atoms with E-state index in [1.165, 1.54) is 0 Å². The Morgan fingerprint density at radius 3 is 2.67 bits per heavy atom. The van der Waals surface area contributed by atoms with Crippen LogP contribution in [0, 0.1) is 0 Å². The number of nitrogens with zero attached hydrogens (tertiary/aromatic N) is 2. The van der Waals surface area contributed by atoms with E-state index >= 15 is 0 Å². The molecule has 0 saturated carbocycles. The summed E-state index contributed by atoms with van der Waals surface area (Å²) in [6.07, 6.45) is 2.85. The third-order valence-corrected chi connectivity index (χ3v) is 3.06. The van der Waals surface area contributed by atoms with Crippen LogP contribution in [0.25, 0.3) is 0 Å². The van der Waals surface area contributed by atoms with Gasteiger partial charge in [0.25, 0.3) is 0 Å². The standard InChI is InChI=1S/C14H17N3O/c1-17-12(9-10-16-17)7-8-13(18)14(15)11-5-3-2-4-6-11/h2-6,9-10,14H,7-8,15H2,1H3/t14-/m1/s1. The number of benzene rings is 1. The summed E-state index contributed by atoms with van der Waals surface area (Å²) in [7, 11) is 1.87. The second-order valence-electron chi connectivity index (χ2n) is 4.30. The van der Waals surface area contributed by atoms with Gasteiger partial charge in [-0.2, -0.15) is 5.10 Å². The zero-order chi connectivity index (χ0) is 13.0. The van der Waals surface area contributed by atoms with Crippen molar-refractivity contribution in [3.8, 4) is 0 Å². The van der Waals surface area contributed by atoms with Crippen LogP contribution in [0.3, 0.4) is 0 Å². The molecule has 1 atom stereocenters. The minimum Gasteiger partial charge on any atom is -0.318 e. The number of carbonyl (C=O) groups excluding carboxylic acids is 1. The van der Waals surface area contributed by atoms with Crippen LogP contribution in [0.4, 0.5) is 0 Å². The number of hydrogen-bond donors (Lipinski definition) is 1. The van der Waals surface area contributed by atoms with Gasteiger partial charge in [0, 0.05) is 25.4 Å². The lowest BCUT2D eigenvalue weighted by atomic mass is 10.00. The van der Waals surface area contributed by atoms with Crippen LogP contribution in [0.1, 0.15) is 23.7 Å². The Hall–Kier alpha value is -1.94. The quantitative estimate of drug-likeness (QED) is 0.868. The van der Waals surface area contributed by atoms with Crippen LogP contribution >= 0.6 is 0 Å². The summed E-state index contributed by atoms with van der Waals surface area (Å²) in [4.78, 5) is 12.0. The Morgan fingerprint density at radius 1 is 1.33 bits per heavy atom. The molecule has 1 aromatic carbocycles. The van der Waals surface area contributed by atoms with E-state index in [0.717, 1.165) is 11.3 Å². The van der Waals surface area contributed by atoms with Crippen molar-refractivity contribution in [3.63, 3.8) is 0 Å². The number of hydrogen-bond acceptors (Lipinski definition) is 3. The Bertz CT molecular complexity index is 519. The summed E-state index contributed by atoms with van der Waals surface area (Å²) in [6.45, 7) is 0. The molecular formula is C14H17N3O. The van der Waals surface area contributed by atoms with Crippen molar-refractivity contribution in [1.29, 1.82) is 0 Å². The molecule has 18 heavy (non-hydrogen) atoms. The molecule has 0 unspecified atom stereocenters. The molecule has 0 amide bonds. The van der Waals surface area contributed by atoms with Gasteiger partial charge in [-0.3, -0.25) is 9.48 Å². The molecule has 94 valence electrons. The summed E-state index contributed by atoms with van der Waals surface area (Å²) in [6, 6.07) is 10.9. The van der Waals surface area contributed by atoms with Crippen LogP contribution in [0.5, 0.6) is 0 Å². The highest BCUT2D eigenvalue weighted by atomic mass is 16.1. The molecule has 0 fully saturated rings. The van der Waals surface area contributed by atoms with E-state index in [2.05, 4.69) is 5.10 Å². The number of carbonyl (C=O) groups is 1. The van der Waals surface area contributed by atoms with E-state index in [0.29, 0.717) is 12.8 Å². The predicted molar refractivity (Wildman–Crippen MR) is 69.9 cm³/mol. The van der Waals surface area contributed by atoms with Crippen molar-refractivity contribution >= 4 is 5.78 Å². The van der Waals surface area contributed by atoms with Crippen LogP contribution in [-0.2, 0) is 18.3 Å². The molecule has 0 aliphatic heterocycles. The van der Waals surface area contributed by atoms with Gasteiger partial charge in [0.1, 0.15) is 0 Å². The van der Waals surface area contributed by atoms with Gasteiger partial charge in [0.2, 0.25) is 0 Å². The average molecular weight is 243 g/mol. The SMILES string of the molecule is Cn1nccc1CCC(=O)[C@H](N)c1ccccc1. The van der Waals surface area contributed by atoms with Gasteiger partial charge in [-0.05, 0) is 18.1 Å². The van der Waals surface area contributed by atoms with Gasteiger partial charge in [0.05, 0.1) is 6.04 Å². The fraction of sp³-hybridized carbons (Fsp3) is 0.286. The lowest BCUT2D eigenvalue weighted by molar-refractivity contribution is -0.120. The Kier molecular flexibility index (Phi) is 3.89. The van der Waals surface area contributed by atoms with Crippen molar-refractivity contribution in [2.45, 2.75) is 18.9 Å². The van der Waals surface area contributed by atoms with E-state index in [1.54, 1.807) is 10.9 Å². The third kappa shape index (κ3) is 2.84. The molecule has 0 saturated heterocycles. The fourth-order valence-corrected chi connectivity index (χ4v) is 1.90. The first-order valence-electron chi connectivity index (χ1n) is 5.98. The normalized spacial score (nSPS) is 12.3. The smallest absolute Gasteiger partial charge is 0.154 e. The maximum Gasteiger partial charge on any atom is 0.154 e. The molecule has 0 radical (unpaired) electrons. The van der Waals surface area contributed by atoms with Gasteiger partial charge in [0.15, 0.2) is 5.78 Å². The Morgan fingerprint density at radius 2 is 2.06 bits per heavy atom. The van der Waals surface area contributed by atoms with E-state index in [1.807, 2.05) is 43.4 Å². The van der Waals surface area contributed by atoms with Crippen molar-refractivity contribution in [2.24, 2.45) is 12.8 Å². The number of aromatic nitrogens is 2. The monoisotopic (exact) mass is 243 g/mol. The molecular weight excluding hydrogens is 226 g/mol. The lowest BCUT2D eigenvalue weighted by Crippen LogP contribution is -2.22. The molecule has 0 bridgehead atoms. The highest BCUT2D eigenvalue weighted by molar-refractivity contribution is 5.85. The summed E-state index contributed by atoms with van der Waals surface area (Å²) in [5.74, 6) is 0.0578. The van der Waals surface area contributed by atoms with E-state index in [4.69, 9.17) is 5.73 Å². The molecule has 0 spiro atoms. The van der Waals surface area contributed by atoms with Crippen molar-refractivity contribution in [1.82, 2.24) is 9.78 Å². The summed E-state index contributed by atoms with van der Waals surface area (Å²) in [5, 5.41) is 4.07. The van der Waals surface area contributed by atoms with Crippen molar-refractivity contribution in [3.05, 3.63) is 53.9 Å². The minimum absolute atomic E-state index is 0.0578. The maximum absolute atomic E-state index is 12.0. The molecule has 0 aliphatic carbocycles. The van der Waals surface area contributed by atoms with Crippen LogP contribution in [0.15, 0.2) is 42.6 Å². The number of rotatable bonds is 5. The van der Waals surface area contributed by atoms with Crippen LogP contribution in [0.2, 0.25) is 0 Å². The fourth-order valence-electron chi connectivity index (χ4n) is 1.90. The van der Waals surface area contributed by atoms with Crippen LogP contribution < -0.4 is 5.73 Å². The first-order valence-corrected chi connectivity index (χ1v) is 5.98. The molecule has 4 nitrogen and oxygen atoms in total. The first-order chi connectivity index (χ1) is 8.68. The highest BCUT2D eigenvalue weighted by Crippen LogP contribution is 2.13. The van der Waals surface area contributed by atoms with Crippen LogP contribution in [-0.4, -0.2) is 15.6 Å². The molecule has 1 aromatic heterocycles. The Labute approximate surface area is 106 Å². The van der Waals surface area contributed by atoms with Gasteiger partial charge in [-0.1, -0.05) is 30.3 Å². The van der Waals surface area contributed by atoms with Crippen molar-refractivity contribution < 1.29 is 4.79 Å². The van der Waals surface area contributed by atoms with Crippen molar-refractivity contribution in [2.75, 3.05) is 0 Å². The highest BCUT2D eigenvalue weighted by Gasteiger charge is 2.15. The van der Waals surface area contributed by atoms with Gasteiger partial charge in [-0.15, -0.1) is 0 Å². The summed E-state index contributed by atoms with van der Waals surface area (Å²) >= 11 is 0. The number of nitrogens with two attached hydrogens (primary N) is 1.